The van der Waals surface area contributed by atoms with Gasteiger partial charge in [0.2, 0.25) is 0 Å². The largest absolute Gasteiger partial charge is 0.424 e. The number of ether oxygens (including phenoxy) is 1. The maximum absolute atomic E-state index is 13.0. The molecule has 0 aliphatic rings. The maximum Gasteiger partial charge on any atom is 0.423 e. The molecule has 9 heteroatoms. The van der Waals surface area contributed by atoms with E-state index in [0.29, 0.717) is 11.8 Å². The number of nitrogens with one attached hydrogen (secondary N) is 1. The Morgan fingerprint density at radius 3 is 2.41 bits per heavy atom. The summed E-state index contributed by atoms with van der Waals surface area (Å²) in [4.78, 5) is 23.7. The third-order valence-corrected chi connectivity index (χ3v) is 3.17. The number of fused-ring (bicyclic) bond motifs is 1. The Morgan fingerprint density at radius 1 is 1.36 bits per heavy atom. The Bertz CT molecular complexity index is 793. The van der Waals surface area contributed by atoms with Crippen molar-refractivity contribution < 1.29 is 27.6 Å². The zero-order valence-electron chi connectivity index (χ0n) is 11.8. The molecule has 0 saturated heterocycles. The third-order valence-electron chi connectivity index (χ3n) is 3.17. The number of aromatic amines is 1. The summed E-state index contributed by atoms with van der Waals surface area (Å²) >= 11 is 0. The smallest absolute Gasteiger partial charge is 0.423 e. The highest BCUT2D eigenvalue weighted by Crippen LogP contribution is 2.44. The number of rotatable bonds is 2. The number of nitro benzene ring substituents is 1. The van der Waals surface area contributed by atoms with Crippen LogP contribution in [0.4, 0.5) is 18.9 Å². The van der Waals surface area contributed by atoms with Crippen molar-refractivity contribution in [3.8, 4) is 5.75 Å². The van der Waals surface area contributed by atoms with Gasteiger partial charge in [0, 0.05) is 12.5 Å². The lowest BCUT2D eigenvalue weighted by atomic mass is 10.0. The number of aromatic nitrogens is 1. The van der Waals surface area contributed by atoms with E-state index in [0.717, 1.165) is 6.92 Å². The number of nitrogens with zero attached hydrogens (tertiary/aromatic N) is 1. The number of carbonyl (C=O) groups excluding carboxylic acids is 1. The third kappa shape index (κ3) is 2.49. The van der Waals surface area contributed by atoms with Crippen LogP contribution in [0.1, 0.15) is 23.7 Å². The second kappa shape index (κ2) is 5.00. The van der Waals surface area contributed by atoms with Crippen LogP contribution in [-0.2, 0) is 11.0 Å². The predicted octanol–water partition coefficient (Wildman–Crippen LogP) is 3.64. The first-order valence-electron chi connectivity index (χ1n) is 6.10. The number of benzene rings is 1. The van der Waals surface area contributed by atoms with Gasteiger partial charge >= 0.3 is 12.1 Å². The highest BCUT2D eigenvalue weighted by Gasteiger charge is 2.41. The van der Waals surface area contributed by atoms with Gasteiger partial charge in [0.25, 0.3) is 5.69 Å². The van der Waals surface area contributed by atoms with E-state index in [-0.39, 0.29) is 22.2 Å². The van der Waals surface area contributed by atoms with E-state index in [2.05, 4.69) is 4.98 Å². The van der Waals surface area contributed by atoms with Gasteiger partial charge in [0.05, 0.1) is 21.5 Å². The van der Waals surface area contributed by atoms with Gasteiger partial charge in [-0.3, -0.25) is 14.9 Å². The molecule has 22 heavy (non-hydrogen) atoms. The molecule has 0 atom stereocenters. The first-order chi connectivity index (χ1) is 10.0. The van der Waals surface area contributed by atoms with Gasteiger partial charge in [0.15, 0.2) is 5.75 Å². The van der Waals surface area contributed by atoms with Crippen LogP contribution >= 0.6 is 0 Å². The summed E-state index contributed by atoms with van der Waals surface area (Å²) in [5.41, 5.74) is -2.29. The summed E-state index contributed by atoms with van der Waals surface area (Å²) in [6.07, 6.45) is -4.87. The zero-order chi connectivity index (χ0) is 16.8. The Hall–Kier alpha value is -2.58. The summed E-state index contributed by atoms with van der Waals surface area (Å²) in [5, 5.41) is 11.2. The standard InChI is InChI=1S/C13H11F3N2O4/c1-5-10-9(17-6(2)12(10)22-7(3)19)4-8(13(14,15)16)11(5)18(20)21/h4,17H,1-3H3. The molecule has 0 unspecified atom stereocenters. The fourth-order valence-corrected chi connectivity index (χ4v) is 2.37. The average molecular weight is 316 g/mol. The normalized spacial score (nSPS) is 11.7. The average Bonchev–Trinajstić information content (AvgIpc) is 2.63. The fraction of sp³-hybridized carbons (Fsp3) is 0.308. The second-order valence-corrected chi connectivity index (χ2v) is 4.75. The van der Waals surface area contributed by atoms with E-state index in [9.17, 15) is 28.1 Å². The van der Waals surface area contributed by atoms with Crippen molar-refractivity contribution in [3.05, 3.63) is 33.0 Å². The van der Waals surface area contributed by atoms with Crippen molar-refractivity contribution in [3.63, 3.8) is 0 Å². The highest BCUT2D eigenvalue weighted by atomic mass is 19.4. The molecule has 0 fully saturated rings. The van der Waals surface area contributed by atoms with Crippen LogP contribution < -0.4 is 4.74 Å². The Morgan fingerprint density at radius 2 is 1.95 bits per heavy atom. The lowest BCUT2D eigenvalue weighted by Crippen LogP contribution is -2.10. The van der Waals surface area contributed by atoms with Crippen LogP contribution in [0.2, 0.25) is 0 Å². The number of hydrogen-bond donors (Lipinski definition) is 1. The minimum absolute atomic E-state index is 0.00294. The molecule has 1 heterocycles. The van der Waals surface area contributed by atoms with E-state index < -0.39 is 28.3 Å². The molecule has 1 aromatic carbocycles. The molecule has 0 spiro atoms. The van der Waals surface area contributed by atoms with Crippen LogP contribution in [0, 0.1) is 24.0 Å². The minimum atomic E-state index is -4.87. The Kier molecular flexibility index (Phi) is 3.59. The number of carbonyl (C=O) groups is 1. The summed E-state index contributed by atoms with van der Waals surface area (Å²) in [5.74, 6) is -0.678. The van der Waals surface area contributed by atoms with Gasteiger partial charge < -0.3 is 9.72 Å². The molecule has 0 aliphatic heterocycles. The lowest BCUT2D eigenvalue weighted by Gasteiger charge is -2.10. The first kappa shape index (κ1) is 15.8. The predicted molar refractivity (Wildman–Crippen MR) is 70.7 cm³/mol. The van der Waals surface area contributed by atoms with Crippen LogP contribution in [-0.4, -0.2) is 15.9 Å². The lowest BCUT2D eigenvalue weighted by molar-refractivity contribution is -0.388. The fourth-order valence-electron chi connectivity index (χ4n) is 2.37. The number of aryl methyl sites for hydroxylation is 2. The monoisotopic (exact) mass is 316 g/mol. The molecule has 0 saturated carbocycles. The number of halogens is 3. The highest BCUT2D eigenvalue weighted by molar-refractivity contribution is 5.96. The van der Waals surface area contributed by atoms with Crippen molar-refractivity contribution in [2.45, 2.75) is 26.9 Å². The number of H-pyrrole nitrogens is 1. The quantitative estimate of drug-likeness (QED) is 0.521. The minimum Gasteiger partial charge on any atom is -0.424 e. The molecule has 0 aliphatic carbocycles. The van der Waals surface area contributed by atoms with Crippen molar-refractivity contribution >= 4 is 22.6 Å². The summed E-state index contributed by atoms with van der Waals surface area (Å²) in [6, 6.07) is 0.653. The van der Waals surface area contributed by atoms with Gasteiger partial charge in [-0.15, -0.1) is 0 Å². The van der Waals surface area contributed by atoms with E-state index in [1.165, 1.54) is 13.8 Å². The molecule has 2 aromatic rings. The van der Waals surface area contributed by atoms with Gasteiger partial charge in [0.1, 0.15) is 5.56 Å². The van der Waals surface area contributed by atoms with Crippen LogP contribution in [0.25, 0.3) is 10.9 Å². The van der Waals surface area contributed by atoms with E-state index in [1.54, 1.807) is 0 Å². The molecule has 6 nitrogen and oxygen atoms in total. The van der Waals surface area contributed by atoms with Gasteiger partial charge in [-0.05, 0) is 19.9 Å². The Balaban J connectivity index is 2.92. The van der Waals surface area contributed by atoms with E-state index in [1.807, 2.05) is 0 Å². The Labute approximate surface area is 122 Å². The molecule has 118 valence electrons. The molecular weight excluding hydrogens is 305 g/mol. The second-order valence-electron chi connectivity index (χ2n) is 4.75. The molecule has 0 radical (unpaired) electrons. The van der Waals surface area contributed by atoms with Crippen molar-refractivity contribution in [1.82, 2.24) is 4.98 Å². The number of esters is 1. The van der Waals surface area contributed by atoms with Gasteiger partial charge in [-0.25, -0.2) is 0 Å². The van der Waals surface area contributed by atoms with E-state index in [4.69, 9.17) is 4.74 Å². The van der Waals surface area contributed by atoms with Crippen molar-refractivity contribution in [2.24, 2.45) is 0 Å². The van der Waals surface area contributed by atoms with Crippen molar-refractivity contribution in [1.29, 1.82) is 0 Å². The number of nitro groups is 1. The molecule has 0 bridgehead atoms. The molecule has 0 amide bonds. The topological polar surface area (TPSA) is 85.2 Å². The summed E-state index contributed by atoms with van der Waals surface area (Å²) in [6.45, 7) is 3.82. The summed E-state index contributed by atoms with van der Waals surface area (Å²) in [7, 11) is 0. The molecular formula is C13H11F3N2O4. The summed E-state index contributed by atoms with van der Waals surface area (Å²) < 4.78 is 44.1. The van der Waals surface area contributed by atoms with Gasteiger partial charge in [-0.1, -0.05) is 0 Å². The number of hydrogen-bond acceptors (Lipinski definition) is 4. The molecule has 1 N–H and O–H groups in total. The van der Waals surface area contributed by atoms with Crippen LogP contribution in [0.3, 0.4) is 0 Å². The van der Waals surface area contributed by atoms with Gasteiger partial charge in [-0.2, -0.15) is 13.2 Å². The number of alkyl halides is 3. The maximum atomic E-state index is 13.0. The molecule has 1 aromatic heterocycles. The molecule has 2 rings (SSSR count). The SMILES string of the molecule is CC(=O)Oc1c(C)[nH]c2cc(C(F)(F)F)c([N+](=O)[O-])c(C)c12. The van der Waals surface area contributed by atoms with Crippen molar-refractivity contribution in [2.75, 3.05) is 0 Å². The first-order valence-corrected chi connectivity index (χ1v) is 6.10. The van der Waals surface area contributed by atoms with Crippen LogP contribution in [0.15, 0.2) is 6.07 Å². The van der Waals surface area contributed by atoms with Crippen LogP contribution in [0.5, 0.6) is 5.75 Å². The van der Waals surface area contributed by atoms with E-state index >= 15 is 0 Å². The zero-order valence-corrected chi connectivity index (χ0v) is 11.8.